The summed E-state index contributed by atoms with van der Waals surface area (Å²) in [6.45, 7) is 6.91. The number of rotatable bonds is 7. The minimum atomic E-state index is -0.0774. The fourth-order valence-corrected chi connectivity index (χ4v) is 4.31. The third-order valence-electron chi connectivity index (χ3n) is 4.92. The van der Waals surface area contributed by atoms with E-state index in [0.29, 0.717) is 6.61 Å². The number of thiazole rings is 1. The number of likely N-dealkylation sites (tertiary alicyclic amines) is 1. The summed E-state index contributed by atoms with van der Waals surface area (Å²) in [6, 6.07) is 7.75. The Labute approximate surface area is 169 Å². The van der Waals surface area contributed by atoms with Gasteiger partial charge in [0.05, 0.1) is 26.1 Å². The highest BCUT2D eigenvalue weighted by Crippen LogP contribution is 2.14. The van der Waals surface area contributed by atoms with Gasteiger partial charge in [0, 0.05) is 11.1 Å². The molecule has 0 bridgehead atoms. The molecule has 0 aliphatic carbocycles. The Morgan fingerprint density at radius 1 is 1.32 bits per heavy atom. The van der Waals surface area contributed by atoms with Gasteiger partial charge in [-0.15, -0.1) is 11.3 Å². The van der Waals surface area contributed by atoms with Crippen molar-refractivity contribution in [3.05, 3.63) is 45.9 Å². The third kappa shape index (κ3) is 5.87. The van der Waals surface area contributed by atoms with Crippen LogP contribution in [0, 0.1) is 12.8 Å². The molecule has 0 radical (unpaired) electrons. The van der Waals surface area contributed by atoms with Gasteiger partial charge in [-0.05, 0) is 38.8 Å². The normalized spacial score (nSPS) is 19.2. The number of anilines is 1. The second-order valence-corrected chi connectivity index (χ2v) is 8.24. The van der Waals surface area contributed by atoms with Crippen molar-refractivity contribution in [3.8, 4) is 0 Å². The minimum Gasteiger partial charge on any atom is -0.466 e. The van der Waals surface area contributed by atoms with Crippen LogP contribution in [0.1, 0.15) is 36.0 Å². The summed E-state index contributed by atoms with van der Waals surface area (Å²) in [5, 5.41) is 5.75. The van der Waals surface area contributed by atoms with Gasteiger partial charge in [-0.1, -0.05) is 17.7 Å². The van der Waals surface area contributed by atoms with Crippen molar-refractivity contribution in [3.63, 3.8) is 0 Å². The number of nitrogens with zero attached hydrogens (tertiary/aromatic N) is 1. The van der Waals surface area contributed by atoms with Crippen molar-refractivity contribution < 1.29 is 19.2 Å². The number of piperidine rings is 1. The Balaban J connectivity index is 1.50. The molecule has 1 aromatic heterocycles. The molecule has 1 aliphatic heterocycles. The predicted molar refractivity (Wildman–Crippen MR) is 109 cm³/mol. The lowest BCUT2D eigenvalue weighted by Crippen LogP contribution is -3.12. The zero-order valence-corrected chi connectivity index (χ0v) is 17.3. The zero-order chi connectivity index (χ0) is 19.9. The van der Waals surface area contributed by atoms with Crippen LogP contribution in [0.5, 0.6) is 0 Å². The fraction of sp³-hybridized carbons (Fsp3) is 0.476. The summed E-state index contributed by atoms with van der Waals surface area (Å²) >= 11 is 1.52. The summed E-state index contributed by atoms with van der Waals surface area (Å²) in [7, 11) is 0. The number of benzene rings is 1. The first kappa shape index (κ1) is 20.5. The lowest BCUT2D eigenvalue weighted by atomic mass is 9.98. The molecule has 28 heavy (non-hydrogen) atoms. The highest BCUT2D eigenvalue weighted by Gasteiger charge is 2.30. The highest BCUT2D eigenvalue weighted by molar-refractivity contribution is 7.09. The molecule has 1 saturated heterocycles. The van der Waals surface area contributed by atoms with Crippen molar-refractivity contribution in [2.75, 3.05) is 25.0 Å². The van der Waals surface area contributed by atoms with E-state index in [1.54, 1.807) is 0 Å². The average molecular weight is 403 g/mol. The van der Waals surface area contributed by atoms with E-state index < -0.39 is 0 Å². The van der Waals surface area contributed by atoms with Gasteiger partial charge >= 0.3 is 5.97 Å². The Hall–Kier alpha value is -2.25. The maximum absolute atomic E-state index is 12.2. The van der Waals surface area contributed by atoms with Crippen LogP contribution in [0.15, 0.2) is 29.6 Å². The van der Waals surface area contributed by atoms with E-state index in [9.17, 15) is 9.59 Å². The number of esters is 1. The van der Waals surface area contributed by atoms with Gasteiger partial charge in [0.15, 0.2) is 0 Å². The van der Waals surface area contributed by atoms with Crippen LogP contribution in [-0.4, -0.2) is 36.6 Å². The highest BCUT2D eigenvalue weighted by atomic mass is 32.1. The number of quaternary nitrogens is 1. The van der Waals surface area contributed by atoms with Gasteiger partial charge in [-0.3, -0.25) is 9.59 Å². The quantitative estimate of drug-likeness (QED) is 0.695. The van der Waals surface area contributed by atoms with Gasteiger partial charge in [-0.2, -0.15) is 0 Å². The molecule has 0 spiro atoms. The Morgan fingerprint density at radius 2 is 2.11 bits per heavy atom. The van der Waals surface area contributed by atoms with Gasteiger partial charge in [0.25, 0.3) is 0 Å². The van der Waals surface area contributed by atoms with E-state index in [4.69, 9.17) is 4.74 Å². The van der Waals surface area contributed by atoms with Gasteiger partial charge in [0.1, 0.15) is 23.2 Å². The second kappa shape index (κ2) is 9.80. The molecular formula is C21H28N3O3S+. The average Bonchev–Trinajstić information content (AvgIpc) is 3.10. The number of carbonyl (C=O) groups is 2. The predicted octanol–water partition coefficient (Wildman–Crippen LogP) is 1.99. The van der Waals surface area contributed by atoms with Crippen molar-refractivity contribution in [2.45, 2.75) is 39.7 Å². The number of amides is 1. The molecule has 1 aromatic carbocycles. The van der Waals surface area contributed by atoms with E-state index in [2.05, 4.69) is 10.3 Å². The van der Waals surface area contributed by atoms with E-state index in [1.807, 2.05) is 43.5 Å². The molecule has 1 aliphatic rings. The summed E-state index contributed by atoms with van der Waals surface area (Å²) in [6.07, 6.45) is 2.21. The van der Waals surface area contributed by atoms with E-state index in [-0.39, 0.29) is 24.2 Å². The first-order chi connectivity index (χ1) is 13.5. The molecule has 1 unspecified atom stereocenters. The minimum absolute atomic E-state index is 0.0120. The molecule has 6 nitrogen and oxygen atoms in total. The Kier molecular flexibility index (Phi) is 7.17. The summed E-state index contributed by atoms with van der Waals surface area (Å²) in [4.78, 5) is 30.2. The molecule has 0 saturated carbocycles. The maximum Gasteiger partial charge on any atom is 0.314 e. The lowest BCUT2D eigenvalue weighted by molar-refractivity contribution is -0.921. The van der Waals surface area contributed by atoms with Crippen LogP contribution in [-0.2, 0) is 27.3 Å². The number of aromatic nitrogens is 1. The van der Waals surface area contributed by atoms with Gasteiger partial charge in [0.2, 0.25) is 5.91 Å². The standard InChI is InChI=1S/C21H27N3O3S/c1-3-27-21(26)16-5-4-10-24(12-16)13-18-14-28-20(23-18)11-19(25)22-17-8-6-15(2)7-9-17/h6-9,14,16H,3-5,10-13H2,1-2H3,(H,22,25)/p+1/t16-/m0/s1. The number of ether oxygens (including phenoxy) is 1. The molecule has 7 heteroatoms. The second-order valence-electron chi connectivity index (χ2n) is 7.30. The topological polar surface area (TPSA) is 72.7 Å². The molecule has 1 amide bonds. The Bertz CT molecular complexity index is 803. The summed E-state index contributed by atoms with van der Waals surface area (Å²) in [5.74, 6) is -0.147. The van der Waals surface area contributed by atoms with Crippen molar-refractivity contribution >= 4 is 28.9 Å². The SMILES string of the molecule is CCOC(=O)[C@H]1CCC[NH+](Cc2csc(CC(=O)Nc3ccc(C)cc3)n2)C1. The number of hydrogen-bond acceptors (Lipinski definition) is 5. The summed E-state index contributed by atoms with van der Waals surface area (Å²) in [5.41, 5.74) is 2.95. The number of carbonyl (C=O) groups excluding carboxylic acids is 2. The van der Waals surface area contributed by atoms with Gasteiger partial charge < -0.3 is 15.0 Å². The first-order valence-corrected chi connectivity index (χ1v) is 10.7. The molecular weight excluding hydrogens is 374 g/mol. The molecule has 2 atom stereocenters. The van der Waals surface area contributed by atoms with Gasteiger partial charge in [-0.25, -0.2) is 4.98 Å². The van der Waals surface area contributed by atoms with Crippen molar-refractivity contribution in [1.29, 1.82) is 0 Å². The third-order valence-corrected chi connectivity index (χ3v) is 5.81. The number of aryl methyl sites for hydroxylation is 1. The molecule has 2 heterocycles. The van der Waals surface area contributed by atoms with Crippen LogP contribution in [0.25, 0.3) is 0 Å². The number of nitrogens with one attached hydrogen (secondary N) is 2. The Morgan fingerprint density at radius 3 is 2.86 bits per heavy atom. The first-order valence-electron chi connectivity index (χ1n) is 9.83. The van der Waals surface area contributed by atoms with E-state index >= 15 is 0 Å². The monoisotopic (exact) mass is 402 g/mol. The zero-order valence-electron chi connectivity index (χ0n) is 16.5. The van der Waals surface area contributed by atoms with Crippen LogP contribution in [0.2, 0.25) is 0 Å². The molecule has 3 rings (SSSR count). The van der Waals surface area contributed by atoms with E-state index in [1.165, 1.54) is 16.2 Å². The van der Waals surface area contributed by atoms with Crippen LogP contribution in [0.4, 0.5) is 5.69 Å². The van der Waals surface area contributed by atoms with Crippen LogP contribution in [0.3, 0.4) is 0 Å². The molecule has 1 fully saturated rings. The van der Waals surface area contributed by atoms with Crippen molar-refractivity contribution in [2.24, 2.45) is 5.92 Å². The largest absolute Gasteiger partial charge is 0.466 e. The van der Waals surface area contributed by atoms with E-state index in [0.717, 1.165) is 54.4 Å². The smallest absolute Gasteiger partial charge is 0.314 e. The number of hydrogen-bond donors (Lipinski definition) is 2. The van der Waals surface area contributed by atoms with Crippen molar-refractivity contribution in [1.82, 2.24) is 4.98 Å². The molecule has 150 valence electrons. The fourth-order valence-electron chi connectivity index (χ4n) is 3.52. The van der Waals surface area contributed by atoms with Crippen LogP contribution < -0.4 is 10.2 Å². The maximum atomic E-state index is 12.2. The molecule has 2 aromatic rings. The van der Waals surface area contributed by atoms with Crippen LogP contribution >= 0.6 is 11.3 Å². The molecule has 2 N–H and O–H groups in total. The summed E-state index contributed by atoms with van der Waals surface area (Å²) < 4.78 is 5.17. The lowest BCUT2D eigenvalue weighted by Gasteiger charge is -2.28.